The molecule has 132 valence electrons. The summed E-state index contributed by atoms with van der Waals surface area (Å²) in [7, 11) is 0. The Labute approximate surface area is 147 Å². The monoisotopic (exact) mass is 328 g/mol. The molecule has 0 fully saturated rings. The molecule has 1 aromatic carbocycles. The Morgan fingerprint density at radius 1 is 1.00 bits per heavy atom. The second kappa shape index (κ2) is 7.88. The van der Waals surface area contributed by atoms with Crippen LogP contribution in [0.5, 0.6) is 5.75 Å². The number of hydrogen-bond donors (Lipinski definition) is 1. The first-order valence-electron chi connectivity index (χ1n) is 8.89. The molecule has 0 bridgehead atoms. The molecule has 0 aromatic heterocycles. The molecule has 24 heavy (non-hydrogen) atoms. The number of carbonyl (C=O) groups excluding carboxylic acids is 1. The number of hydrogen-bond acceptors (Lipinski definition) is 2. The topological polar surface area (TPSA) is 37.3 Å². The average Bonchev–Trinajstić information content (AvgIpc) is 2.44. The van der Waals surface area contributed by atoms with Crippen molar-refractivity contribution >= 4 is 5.78 Å². The molecule has 0 amide bonds. The number of aromatic hydroxyl groups is 1. The Morgan fingerprint density at radius 3 is 1.92 bits per heavy atom. The molecule has 0 saturated heterocycles. The van der Waals surface area contributed by atoms with Gasteiger partial charge in [0.05, 0.1) is 0 Å². The molecule has 0 spiro atoms. The van der Waals surface area contributed by atoms with Crippen molar-refractivity contribution in [3.8, 4) is 17.6 Å². The van der Waals surface area contributed by atoms with E-state index in [2.05, 4.69) is 18.8 Å². The van der Waals surface area contributed by atoms with Crippen molar-refractivity contribution in [1.82, 2.24) is 0 Å². The molecule has 0 heterocycles. The predicted octanol–water partition coefficient (Wildman–Crippen LogP) is 5.75. The lowest BCUT2D eigenvalue weighted by molar-refractivity contribution is 0.105. The number of phenols is 1. The van der Waals surface area contributed by atoms with Crippen LogP contribution in [-0.4, -0.2) is 10.9 Å². The lowest BCUT2D eigenvalue weighted by atomic mass is 9.78. The summed E-state index contributed by atoms with van der Waals surface area (Å²) in [5, 5.41) is 10.7. The fraction of sp³-hybridized carbons (Fsp3) is 0.591. The van der Waals surface area contributed by atoms with Crippen molar-refractivity contribution in [2.24, 2.45) is 0 Å². The van der Waals surface area contributed by atoms with Crippen LogP contribution in [0, 0.1) is 11.8 Å². The van der Waals surface area contributed by atoms with Crippen LogP contribution in [0.4, 0.5) is 0 Å². The molecule has 0 unspecified atom stereocenters. The van der Waals surface area contributed by atoms with E-state index in [1.54, 1.807) is 12.1 Å². The fourth-order valence-corrected chi connectivity index (χ4v) is 2.59. The highest BCUT2D eigenvalue weighted by atomic mass is 16.3. The summed E-state index contributed by atoms with van der Waals surface area (Å²) >= 11 is 0. The van der Waals surface area contributed by atoms with E-state index in [9.17, 15) is 9.90 Å². The molecule has 0 aliphatic rings. The third-order valence-electron chi connectivity index (χ3n) is 4.10. The van der Waals surface area contributed by atoms with Gasteiger partial charge in [-0.3, -0.25) is 4.79 Å². The van der Waals surface area contributed by atoms with Gasteiger partial charge in [-0.05, 0) is 35.3 Å². The SMILES string of the molecule is CCCCCC#CC(=O)c1cc(C(C)(C)C)c(O)c(C(C)(C)C)c1. The second-order valence-electron chi connectivity index (χ2n) is 8.51. The molecule has 0 atom stereocenters. The number of carbonyl (C=O) groups is 1. The highest BCUT2D eigenvalue weighted by Crippen LogP contribution is 2.39. The number of ketones is 1. The number of phenolic OH excluding ortho intramolecular Hbond substituents is 1. The van der Waals surface area contributed by atoms with Crippen LogP contribution in [0.15, 0.2) is 12.1 Å². The Balaban J connectivity index is 3.27. The van der Waals surface area contributed by atoms with Crippen LogP contribution >= 0.6 is 0 Å². The third kappa shape index (κ3) is 5.41. The summed E-state index contributed by atoms with van der Waals surface area (Å²) < 4.78 is 0. The highest BCUT2D eigenvalue weighted by Gasteiger charge is 2.27. The zero-order valence-electron chi connectivity index (χ0n) is 16.3. The fourth-order valence-electron chi connectivity index (χ4n) is 2.59. The Kier molecular flexibility index (Phi) is 6.67. The van der Waals surface area contributed by atoms with E-state index in [1.807, 2.05) is 41.5 Å². The van der Waals surface area contributed by atoms with Gasteiger partial charge in [0.25, 0.3) is 0 Å². The zero-order valence-corrected chi connectivity index (χ0v) is 16.3. The van der Waals surface area contributed by atoms with E-state index in [0.29, 0.717) is 11.3 Å². The van der Waals surface area contributed by atoms with E-state index >= 15 is 0 Å². The van der Waals surface area contributed by atoms with Gasteiger partial charge in [0.2, 0.25) is 5.78 Å². The summed E-state index contributed by atoms with van der Waals surface area (Å²) in [6.45, 7) is 14.4. The van der Waals surface area contributed by atoms with Crippen molar-refractivity contribution in [1.29, 1.82) is 0 Å². The van der Waals surface area contributed by atoms with Crippen LogP contribution in [0.2, 0.25) is 0 Å². The number of benzene rings is 1. The van der Waals surface area contributed by atoms with Gasteiger partial charge in [0, 0.05) is 23.1 Å². The van der Waals surface area contributed by atoms with Crippen LogP contribution in [0.1, 0.15) is 95.6 Å². The predicted molar refractivity (Wildman–Crippen MR) is 102 cm³/mol. The van der Waals surface area contributed by atoms with E-state index in [-0.39, 0.29) is 16.6 Å². The van der Waals surface area contributed by atoms with Gasteiger partial charge in [0.15, 0.2) is 0 Å². The molecule has 1 N–H and O–H groups in total. The van der Waals surface area contributed by atoms with Gasteiger partial charge in [0.1, 0.15) is 5.75 Å². The van der Waals surface area contributed by atoms with Crippen LogP contribution < -0.4 is 0 Å². The Hall–Kier alpha value is -1.75. The Bertz CT molecular complexity index is 608. The maximum Gasteiger partial charge on any atom is 0.235 e. The van der Waals surface area contributed by atoms with Crippen LogP contribution in [0.25, 0.3) is 0 Å². The van der Waals surface area contributed by atoms with E-state index < -0.39 is 0 Å². The van der Waals surface area contributed by atoms with Crippen LogP contribution in [0.3, 0.4) is 0 Å². The molecule has 0 aliphatic heterocycles. The summed E-state index contributed by atoms with van der Waals surface area (Å²) in [5.74, 6) is 5.88. The molecule has 0 saturated carbocycles. The maximum absolute atomic E-state index is 12.5. The number of rotatable bonds is 4. The molecule has 0 aliphatic carbocycles. The molecule has 1 rings (SSSR count). The summed E-state index contributed by atoms with van der Waals surface area (Å²) in [6, 6.07) is 3.60. The maximum atomic E-state index is 12.5. The van der Waals surface area contributed by atoms with Crippen LogP contribution in [-0.2, 0) is 10.8 Å². The quantitative estimate of drug-likeness (QED) is 0.330. The van der Waals surface area contributed by atoms with Gasteiger partial charge in [-0.15, -0.1) is 0 Å². The Morgan fingerprint density at radius 2 is 1.50 bits per heavy atom. The number of unbranched alkanes of at least 4 members (excludes halogenated alkanes) is 3. The van der Waals surface area contributed by atoms with Gasteiger partial charge in [-0.25, -0.2) is 0 Å². The number of Topliss-reactive ketones (excluding diaryl/α,β-unsaturated/α-hetero) is 1. The van der Waals surface area contributed by atoms with Crippen molar-refractivity contribution in [3.63, 3.8) is 0 Å². The van der Waals surface area contributed by atoms with E-state index in [4.69, 9.17) is 0 Å². The van der Waals surface area contributed by atoms with Gasteiger partial charge >= 0.3 is 0 Å². The second-order valence-corrected chi connectivity index (χ2v) is 8.51. The molecule has 2 heteroatoms. The molecule has 0 radical (unpaired) electrons. The minimum absolute atomic E-state index is 0.164. The van der Waals surface area contributed by atoms with Crippen molar-refractivity contribution in [2.45, 2.75) is 85.0 Å². The first-order valence-corrected chi connectivity index (χ1v) is 8.89. The molecular weight excluding hydrogens is 296 g/mol. The normalized spacial score (nSPS) is 11.8. The molecule has 1 aromatic rings. The lowest BCUT2D eigenvalue weighted by Gasteiger charge is -2.27. The minimum Gasteiger partial charge on any atom is -0.507 e. The van der Waals surface area contributed by atoms with Crippen molar-refractivity contribution < 1.29 is 9.90 Å². The standard InChI is InChI=1S/C22H32O2/c1-8-9-10-11-12-13-19(23)16-14-17(21(2,3)4)20(24)18(15-16)22(5,6)7/h14-15,24H,8-11H2,1-7H3. The minimum atomic E-state index is -0.241. The van der Waals surface area contributed by atoms with Gasteiger partial charge < -0.3 is 5.11 Å². The highest BCUT2D eigenvalue weighted by molar-refractivity contribution is 6.09. The lowest BCUT2D eigenvalue weighted by Crippen LogP contribution is -2.18. The first kappa shape index (κ1) is 20.3. The van der Waals surface area contributed by atoms with Gasteiger partial charge in [-0.2, -0.15) is 0 Å². The summed E-state index contributed by atoms with van der Waals surface area (Å²) in [6.07, 6.45) is 4.09. The smallest absolute Gasteiger partial charge is 0.235 e. The zero-order chi connectivity index (χ0) is 18.5. The molecular formula is C22H32O2. The molecule has 2 nitrogen and oxygen atoms in total. The first-order chi connectivity index (χ1) is 11.0. The van der Waals surface area contributed by atoms with Crippen molar-refractivity contribution in [3.05, 3.63) is 28.8 Å². The largest absolute Gasteiger partial charge is 0.507 e. The van der Waals surface area contributed by atoms with Crippen molar-refractivity contribution in [2.75, 3.05) is 0 Å². The summed E-state index contributed by atoms with van der Waals surface area (Å²) in [5.41, 5.74) is 1.69. The van der Waals surface area contributed by atoms with E-state index in [1.165, 1.54) is 0 Å². The van der Waals surface area contributed by atoms with E-state index in [0.717, 1.165) is 36.8 Å². The average molecular weight is 328 g/mol. The van der Waals surface area contributed by atoms with Gasteiger partial charge in [-0.1, -0.05) is 67.2 Å². The summed E-state index contributed by atoms with van der Waals surface area (Å²) in [4.78, 5) is 12.5. The third-order valence-corrected chi connectivity index (χ3v) is 4.10.